The summed E-state index contributed by atoms with van der Waals surface area (Å²) in [6.45, 7) is 5.58. The molecule has 0 aromatic carbocycles. The first-order valence-corrected chi connectivity index (χ1v) is 5.56. The Labute approximate surface area is 87.2 Å². The van der Waals surface area contributed by atoms with Crippen molar-refractivity contribution < 1.29 is 5.11 Å². The van der Waals surface area contributed by atoms with Crippen LogP contribution in [0.3, 0.4) is 0 Å². The van der Waals surface area contributed by atoms with Crippen LogP contribution in [-0.4, -0.2) is 28.9 Å². The van der Waals surface area contributed by atoms with Gasteiger partial charge in [-0.3, -0.25) is 4.79 Å². The maximum absolute atomic E-state index is 11.3. The number of aromatic nitrogens is 1. The molecule has 0 saturated heterocycles. The lowest BCUT2D eigenvalue weighted by Crippen LogP contribution is -2.32. The van der Waals surface area contributed by atoms with Crippen LogP contribution in [0.25, 0.3) is 0 Å². The van der Waals surface area contributed by atoms with E-state index in [1.807, 2.05) is 19.2 Å². The first kappa shape index (κ1) is 11.4. The van der Waals surface area contributed by atoms with Gasteiger partial charge in [0, 0.05) is 17.6 Å². The summed E-state index contributed by atoms with van der Waals surface area (Å²) in [4.78, 5) is 11.3. The van der Waals surface area contributed by atoms with Crippen molar-refractivity contribution in [3.8, 4) is 0 Å². The molecule has 0 aliphatic rings. The van der Waals surface area contributed by atoms with Crippen molar-refractivity contribution >= 4 is 11.3 Å². The first-order valence-electron chi connectivity index (χ1n) is 4.68. The zero-order valence-electron chi connectivity index (χ0n) is 8.49. The van der Waals surface area contributed by atoms with Gasteiger partial charge in [-0.15, -0.1) is 0 Å². The summed E-state index contributed by atoms with van der Waals surface area (Å²) in [7, 11) is 0. The number of aliphatic hydroxyl groups excluding tert-OH is 1. The van der Waals surface area contributed by atoms with E-state index in [0.717, 1.165) is 12.2 Å². The topological polar surface area (TPSA) is 54.3 Å². The molecule has 0 spiro atoms. The van der Waals surface area contributed by atoms with E-state index in [1.165, 1.54) is 11.3 Å². The molecule has 0 aliphatic carbocycles. The Morgan fingerprint density at radius 1 is 1.71 bits per heavy atom. The van der Waals surface area contributed by atoms with Crippen molar-refractivity contribution in [3.63, 3.8) is 0 Å². The highest BCUT2D eigenvalue weighted by Gasteiger charge is 2.08. The van der Waals surface area contributed by atoms with Crippen LogP contribution in [0.5, 0.6) is 0 Å². The number of nitrogens with zero attached hydrogens (tertiary/aromatic N) is 1. The Bertz CT molecular complexity index is 332. The number of likely N-dealkylation sites (N-methyl/N-ethyl adjacent to an activating group) is 1. The minimum atomic E-state index is -0.499. The highest BCUT2D eigenvalue weighted by atomic mass is 32.1. The van der Waals surface area contributed by atoms with Crippen LogP contribution >= 0.6 is 11.3 Å². The summed E-state index contributed by atoms with van der Waals surface area (Å²) in [5.41, 5.74) is 0.913. The van der Waals surface area contributed by atoms with Gasteiger partial charge < -0.3 is 15.0 Å². The molecule has 0 radical (unpaired) electrons. The van der Waals surface area contributed by atoms with E-state index in [-0.39, 0.29) is 4.87 Å². The quantitative estimate of drug-likeness (QED) is 0.738. The minimum absolute atomic E-state index is 0.00181. The molecule has 4 nitrogen and oxygen atoms in total. The molecule has 0 saturated carbocycles. The van der Waals surface area contributed by atoms with Gasteiger partial charge in [0.2, 0.25) is 0 Å². The summed E-state index contributed by atoms with van der Waals surface area (Å²) in [5.74, 6) is 0. The van der Waals surface area contributed by atoms with E-state index in [4.69, 9.17) is 0 Å². The standard InChI is InChI=1S/C9H16N2O2S/c1-3-10-4-8(12)5-11-7(2)6-14-9(11)13/h6,8,10,12H,3-5H2,1-2H3. The van der Waals surface area contributed by atoms with Gasteiger partial charge in [-0.2, -0.15) is 0 Å². The fraction of sp³-hybridized carbons (Fsp3) is 0.667. The van der Waals surface area contributed by atoms with Gasteiger partial charge in [0.1, 0.15) is 0 Å². The fourth-order valence-corrected chi connectivity index (χ4v) is 1.96. The van der Waals surface area contributed by atoms with Crippen LogP contribution in [0, 0.1) is 6.92 Å². The predicted octanol–water partition coefficient (Wildman–Crippen LogP) is 0.189. The van der Waals surface area contributed by atoms with E-state index in [0.29, 0.717) is 13.1 Å². The zero-order chi connectivity index (χ0) is 10.6. The second kappa shape index (κ2) is 5.29. The van der Waals surface area contributed by atoms with Crippen molar-refractivity contribution in [2.24, 2.45) is 0 Å². The van der Waals surface area contributed by atoms with Crippen LogP contribution in [0.2, 0.25) is 0 Å². The lowest BCUT2D eigenvalue weighted by molar-refractivity contribution is 0.151. The van der Waals surface area contributed by atoms with E-state index in [2.05, 4.69) is 5.32 Å². The van der Waals surface area contributed by atoms with Crippen LogP contribution in [0.4, 0.5) is 0 Å². The summed E-state index contributed by atoms with van der Waals surface area (Å²) in [6, 6.07) is 0. The summed E-state index contributed by atoms with van der Waals surface area (Å²) in [5, 5.41) is 14.4. The molecule has 1 aromatic heterocycles. The van der Waals surface area contributed by atoms with Crippen LogP contribution < -0.4 is 10.2 Å². The lowest BCUT2D eigenvalue weighted by atomic mass is 10.3. The van der Waals surface area contributed by atoms with Crippen molar-refractivity contribution in [2.45, 2.75) is 26.5 Å². The lowest BCUT2D eigenvalue weighted by Gasteiger charge is -2.12. The monoisotopic (exact) mass is 216 g/mol. The maximum atomic E-state index is 11.3. The second-order valence-electron chi connectivity index (χ2n) is 3.22. The number of thiazole rings is 1. The third-order valence-electron chi connectivity index (χ3n) is 2.00. The van der Waals surface area contributed by atoms with Crippen molar-refractivity contribution in [2.75, 3.05) is 13.1 Å². The Morgan fingerprint density at radius 2 is 2.43 bits per heavy atom. The Kier molecular flexibility index (Phi) is 4.31. The smallest absolute Gasteiger partial charge is 0.307 e. The van der Waals surface area contributed by atoms with Gasteiger partial charge in [-0.05, 0) is 13.5 Å². The van der Waals surface area contributed by atoms with Gasteiger partial charge >= 0.3 is 4.87 Å². The number of nitrogens with one attached hydrogen (secondary N) is 1. The highest BCUT2D eigenvalue weighted by molar-refractivity contribution is 7.07. The molecule has 2 N–H and O–H groups in total. The van der Waals surface area contributed by atoms with E-state index < -0.39 is 6.10 Å². The second-order valence-corrected chi connectivity index (χ2v) is 4.04. The van der Waals surface area contributed by atoms with Gasteiger partial charge in [-0.1, -0.05) is 18.3 Å². The number of rotatable bonds is 5. The SMILES string of the molecule is CCNCC(O)Cn1c(C)csc1=O. The fourth-order valence-electron chi connectivity index (χ4n) is 1.21. The van der Waals surface area contributed by atoms with E-state index >= 15 is 0 Å². The van der Waals surface area contributed by atoms with Crippen molar-refractivity contribution in [1.29, 1.82) is 0 Å². The molecule has 1 aromatic rings. The summed E-state index contributed by atoms with van der Waals surface area (Å²) < 4.78 is 1.60. The highest BCUT2D eigenvalue weighted by Crippen LogP contribution is 2.00. The first-order chi connectivity index (χ1) is 6.65. The van der Waals surface area contributed by atoms with Crippen LogP contribution in [0.15, 0.2) is 10.2 Å². The molecule has 1 rings (SSSR count). The molecule has 1 heterocycles. The summed E-state index contributed by atoms with van der Waals surface area (Å²) >= 11 is 1.17. The Hall–Kier alpha value is -0.650. The number of aryl methyl sites for hydroxylation is 1. The molecular formula is C9H16N2O2S. The molecular weight excluding hydrogens is 200 g/mol. The molecule has 14 heavy (non-hydrogen) atoms. The van der Waals surface area contributed by atoms with E-state index in [1.54, 1.807) is 4.57 Å². The average Bonchev–Trinajstić information content (AvgIpc) is 2.46. The Morgan fingerprint density at radius 3 is 2.93 bits per heavy atom. The molecule has 0 bridgehead atoms. The molecule has 0 fully saturated rings. The van der Waals surface area contributed by atoms with Gasteiger partial charge in [0.15, 0.2) is 0 Å². The number of aliphatic hydroxyl groups is 1. The molecule has 80 valence electrons. The van der Waals surface area contributed by atoms with Crippen LogP contribution in [-0.2, 0) is 6.54 Å². The molecule has 0 amide bonds. The van der Waals surface area contributed by atoms with E-state index in [9.17, 15) is 9.90 Å². The molecule has 1 unspecified atom stereocenters. The van der Waals surface area contributed by atoms with Gasteiger partial charge in [0.05, 0.1) is 12.6 Å². The maximum Gasteiger partial charge on any atom is 0.307 e. The van der Waals surface area contributed by atoms with Crippen molar-refractivity contribution in [3.05, 3.63) is 20.7 Å². The van der Waals surface area contributed by atoms with Gasteiger partial charge in [0.25, 0.3) is 0 Å². The average molecular weight is 216 g/mol. The molecule has 5 heteroatoms. The molecule has 1 atom stereocenters. The normalized spacial score (nSPS) is 13.1. The Balaban J connectivity index is 2.55. The largest absolute Gasteiger partial charge is 0.390 e. The third-order valence-corrected chi connectivity index (χ3v) is 2.88. The zero-order valence-corrected chi connectivity index (χ0v) is 9.30. The van der Waals surface area contributed by atoms with Crippen LogP contribution in [0.1, 0.15) is 12.6 Å². The third kappa shape index (κ3) is 2.94. The number of hydrogen-bond donors (Lipinski definition) is 2. The minimum Gasteiger partial charge on any atom is -0.390 e. The van der Waals surface area contributed by atoms with Gasteiger partial charge in [-0.25, -0.2) is 0 Å². The van der Waals surface area contributed by atoms with Crippen molar-refractivity contribution in [1.82, 2.24) is 9.88 Å². The predicted molar refractivity (Wildman–Crippen MR) is 57.9 cm³/mol. The number of hydrogen-bond acceptors (Lipinski definition) is 4. The molecule has 0 aliphatic heterocycles. The summed E-state index contributed by atoms with van der Waals surface area (Å²) in [6.07, 6.45) is -0.499.